The first-order chi connectivity index (χ1) is 10.7. The molecule has 1 fully saturated rings. The Bertz CT molecular complexity index is 496. The molecule has 0 aliphatic carbocycles. The highest BCUT2D eigenvalue weighted by Crippen LogP contribution is 2.18. The number of hydrazine groups is 1. The molecule has 12 nitrogen and oxygen atoms in total. The Morgan fingerprint density at radius 1 is 1.43 bits per heavy atom. The molecular weight excluding hydrogens is 308 g/mol. The predicted octanol–water partition coefficient (Wildman–Crippen LogP) is -3.40. The van der Waals surface area contributed by atoms with Gasteiger partial charge in [0.15, 0.2) is 5.03 Å². The number of likely N-dealkylation sites (tertiary alicyclic amines) is 1. The molecule has 1 aliphatic heterocycles. The molecule has 3 atom stereocenters. The Labute approximate surface area is 132 Å². The van der Waals surface area contributed by atoms with Gasteiger partial charge in [-0.25, -0.2) is 15.1 Å². The average Bonchev–Trinajstić information content (AvgIpc) is 2.84. The summed E-state index contributed by atoms with van der Waals surface area (Å²) in [6.45, 7) is 0.407. The van der Waals surface area contributed by atoms with Gasteiger partial charge in [-0.3, -0.25) is 9.59 Å². The molecule has 130 valence electrons. The number of hydrogen-bond acceptors (Lipinski definition) is 7. The van der Waals surface area contributed by atoms with Gasteiger partial charge in [0.05, 0.1) is 6.04 Å². The lowest BCUT2D eigenvalue weighted by Crippen LogP contribution is -2.50. The summed E-state index contributed by atoms with van der Waals surface area (Å²) < 4.78 is 0. The number of nitrogens with zero attached hydrogens (tertiary/aromatic N) is 3. The van der Waals surface area contributed by atoms with Crippen LogP contribution in [0.3, 0.4) is 0 Å². The highest BCUT2D eigenvalue weighted by Gasteiger charge is 2.38. The van der Waals surface area contributed by atoms with Gasteiger partial charge in [-0.05, 0) is 19.3 Å². The zero-order valence-corrected chi connectivity index (χ0v) is 12.6. The molecule has 0 spiro atoms. The zero-order chi connectivity index (χ0) is 17.6. The van der Waals surface area contributed by atoms with Crippen LogP contribution in [0.15, 0.2) is 4.99 Å². The summed E-state index contributed by atoms with van der Waals surface area (Å²) >= 11 is 0. The third-order valence-corrected chi connectivity index (χ3v) is 3.42. The average molecular weight is 330 g/mol. The highest BCUT2D eigenvalue weighted by atomic mass is 16.7. The minimum Gasteiger partial charge on any atom is -0.368 e. The second-order valence-electron chi connectivity index (χ2n) is 5.29. The summed E-state index contributed by atoms with van der Waals surface area (Å²) in [7, 11) is 0. The van der Waals surface area contributed by atoms with Crippen LogP contribution in [0.2, 0.25) is 0 Å². The van der Waals surface area contributed by atoms with Gasteiger partial charge in [0.25, 0.3) is 5.96 Å². The number of amides is 2. The molecule has 0 aromatic carbocycles. The first kappa shape index (κ1) is 18.6. The first-order valence-electron chi connectivity index (χ1n) is 7.04. The summed E-state index contributed by atoms with van der Waals surface area (Å²) in [6, 6.07) is -1.87. The molecule has 0 saturated carbocycles. The predicted molar refractivity (Wildman–Crippen MR) is 81.1 cm³/mol. The smallest absolute Gasteiger partial charge is 0.251 e. The lowest BCUT2D eigenvalue weighted by atomic mass is 10.1. The van der Waals surface area contributed by atoms with E-state index in [9.17, 15) is 19.7 Å². The van der Waals surface area contributed by atoms with E-state index in [2.05, 4.69) is 4.99 Å². The molecule has 1 rings (SSSR count). The Hall–Kier alpha value is -2.47. The van der Waals surface area contributed by atoms with Crippen LogP contribution < -0.4 is 28.4 Å². The second-order valence-corrected chi connectivity index (χ2v) is 5.29. The molecule has 1 aliphatic rings. The number of carbonyl (C=O) groups excluding carboxylic acids is 2. The molecule has 1 saturated heterocycles. The Balaban J connectivity index is 2.45. The van der Waals surface area contributed by atoms with Crippen molar-refractivity contribution in [3.8, 4) is 0 Å². The van der Waals surface area contributed by atoms with Crippen LogP contribution in [0, 0.1) is 10.1 Å². The van der Waals surface area contributed by atoms with E-state index in [1.165, 1.54) is 4.90 Å². The monoisotopic (exact) mass is 330 g/mol. The number of nitrogens with one attached hydrogen (secondary N) is 1. The van der Waals surface area contributed by atoms with Crippen molar-refractivity contribution in [1.29, 1.82) is 0 Å². The summed E-state index contributed by atoms with van der Waals surface area (Å²) in [5.74, 6) is -1.34. The van der Waals surface area contributed by atoms with Gasteiger partial charge in [-0.2, -0.15) is 0 Å². The minimum absolute atomic E-state index is 0.173. The maximum atomic E-state index is 12.3. The number of guanidine groups is 1. The number of nitro groups is 1. The van der Waals surface area contributed by atoms with Crippen molar-refractivity contribution in [2.75, 3.05) is 13.1 Å². The lowest BCUT2D eigenvalue weighted by molar-refractivity contribution is -0.525. The number of hydrogen-bond donors (Lipinski definition) is 5. The molecule has 1 unspecified atom stereocenters. The molecule has 1 heterocycles. The van der Waals surface area contributed by atoms with Gasteiger partial charge in [-0.15, -0.1) is 0 Å². The molecule has 2 amide bonds. The van der Waals surface area contributed by atoms with E-state index < -0.39 is 28.9 Å². The van der Waals surface area contributed by atoms with Crippen LogP contribution in [0.5, 0.6) is 0 Å². The summed E-state index contributed by atoms with van der Waals surface area (Å²) in [6.07, 6.45) is 1.00. The molecule has 9 N–H and O–H groups in total. The van der Waals surface area contributed by atoms with Crippen LogP contribution in [-0.2, 0) is 9.59 Å². The Morgan fingerprint density at radius 2 is 2.09 bits per heavy atom. The third kappa shape index (κ3) is 5.67. The van der Waals surface area contributed by atoms with E-state index in [1.807, 2.05) is 0 Å². The van der Waals surface area contributed by atoms with Gasteiger partial charge in [0.2, 0.25) is 11.8 Å². The molecular formula is C11H22N8O4. The number of rotatable bonds is 7. The number of nitrogens with two attached hydrogens (primary N) is 4. The van der Waals surface area contributed by atoms with Gasteiger partial charge in [-0.1, -0.05) is 5.43 Å². The number of carbonyl (C=O) groups is 2. The van der Waals surface area contributed by atoms with Gasteiger partial charge >= 0.3 is 0 Å². The van der Waals surface area contributed by atoms with Crippen LogP contribution in [0.4, 0.5) is 0 Å². The van der Waals surface area contributed by atoms with Crippen molar-refractivity contribution in [3.05, 3.63) is 10.1 Å². The van der Waals surface area contributed by atoms with E-state index in [1.54, 1.807) is 5.43 Å². The number of aliphatic imine (C=N–C) groups is 1. The molecule has 23 heavy (non-hydrogen) atoms. The van der Waals surface area contributed by atoms with Crippen LogP contribution in [0.1, 0.15) is 19.3 Å². The van der Waals surface area contributed by atoms with Crippen LogP contribution in [0.25, 0.3) is 0 Å². The SMILES string of the molecule is NC(=O)C1C[C@@H](N)CN1C(=O)[C@H](N)CCCN=C(N)N[N+](=O)[O-]. The molecule has 12 heteroatoms. The van der Waals surface area contributed by atoms with Crippen molar-refractivity contribution in [3.63, 3.8) is 0 Å². The largest absolute Gasteiger partial charge is 0.368 e. The standard InChI is InChI=1S/C11H22N8O4/c12-6-4-8(9(14)20)18(5-6)10(21)7(13)2-1-3-16-11(15)17-19(22)23/h6-8H,1-5,12-13H2,(H2,14,20)(H3,15,16,17)/t6-,7-,8?/m1/s1. The summed E-state index contributed by atoms with van der Waals surface area (Å²) in [4.78, 5) is 38.7. The maximum absolute atomic E-state index is 12.3. The van der Waals surface area contributed by atoms with Crippen molar-refractivity contribution < 1.29 is 14.6 Å². The molecule has 0 bridgehead atoms. The quantitative estimate of drug-likeness (QED) is 0.104. The highest BCUT2D eigenvalue weighted by molar-refractivity contribution is 5.89. The van der Waals surface area contributed by atoms with Crippen LogP contribution in [-0.4, -0.2) is 58.9 Å². The van der Waals surface area contributed by atoms with E-state index in [0.717, 1.165) is 0 Å². The minimum atomic E-state index is -0.831. The molecule has 0 aromatic rings. The van der Waals surface area contributed by atoms with Gasteiger partial charge in [0, 0.05) is 19.1 Å². The van der Waals surface area contributed by atoms with Crippen molar-refractivity contribution in [2.24, 2.45) is 27.9 Å². The Kier molecular flexibility index (Phi) is 6.65. The van der Waals surface area contributed by atoms with Crippen molar-refractivity contribution >= 4 is 17.8 Å². The van der Waals surface area contributed by atoms with Crippen molar-refractivity contribution in [1.82, 2.24) is 10.3 Å². The number of primary amides is 1. The Morgan fingerprint density at radius 3 is 2.65 bits per heavy atom. The topological polar surface area (TPSA) is 209 Å². The van der Waals surface area contributed by atoms with Crippen molar-refractivity contribution in [2.45, 2.75) is 37.4 Å². The maximum Gasteiger partial charge on any atom is 0.251 e. The van der Waals surface area contributed by atoms with Gasteiger partial charge < -0.3 is 27.8 Å². The summed E-state index contributed by atoms with van der Waals surface area (Å²) in [5.41, 5.74) is 23.8. The fourth-order valence-corrected chi connectivity index (χ4v) is 2.36. The first-order valence-corrected chi connectivity index (χ1v) is 7.04. The molecule has 0 radical (unpaired) electrons. The lowest BCUT2D eigenvalue weighted by Gasteiger charge is -2.25. The fraction of sp³-hybridized carbons (Fsp3) is 0.727. The van der Waals surface area contributed by atoms with E-state index >= 15 is 0 Å². The zero-order valence-electron chi connectivity index (χ0n) is 12.6. The molecule has 0 aromatic heterocycles. The van der Waals surface area contributed by atoms with Crippen LogP contribution >= 0.6 is 0 Å². The van der Waals surface area contributed by atoms with E-state index in [4.69, 9.17) is 22.9 Å². The third-order valence-electron chi connectivity index (χ3n) is 3.42. The fourth-order valence-electron chi connectivity index (χ4n) is 2.36. The normalized spacial score (nSPS) is 22.7. The summed E-state index contributed by atoms with van der Waals surface area (Å²) in [5, 5.41) is 9.29. The second kappa shape index (κ2) is 8.24. The van der Waals surface area contributed by atoms with E-state index in [0.29, 0.717) is 12.8 Å². The van der Waals surface area contributed by atoms with Gasteiger partial charge in [0.1, 0.15) is 6.04 Å². The van der Waals surface area contributed by atoms with E-state index in [-0.39, 0.29) is 31.5 Å².